The summed E-state index contributed by atoms with van der Waals surface area (Å²) in [4.78, 5) is 33.2. The van der Waals surface area contributed by atoms with Gasteiger partial charge in [-0.1, -0.05) is 15.9 Å². The fourth-order valence-corrected chi connectivity index (χ4v) is 1.78. The third-order valence-corrected chi connectivity index (χ3v) is 2.96. The summed E-state index contributed by atoms with van der Waals surface area (Å²) in [6.45, 7) is 0. The van der Waals surface area contributed by atoms with Crippen molar-refractivity contribution in [2.75, 3.05) is 5.32 Å². The van der Waals surface area contributed by atoms with Crippen LogP contribution in [0.5, 0.6) is 0 Å². The van der Waals surface area contributed by atoms with Gasteiger partial charge in [0.2, 0.25) is 5.91 Å². The Bertz CT molecular complexity index is 567. The number of nitrogens with two attached hydrogens (primary N) is 1. The van der Waals surface area contributed by atoms with Gasteiger partial charge in [-0.3, -0.25) is 4.79 Å². The zero-order valence-electron chi connectivity index (χ0n) is 10.7. The fraction of sp³-hybridized carbons (Fsp3) is 0.250. The van der Waals surface area contributed by atoms with Crippen molar-refractivity contribution >= 4 is 39.5 Å². The molecule has 21 heavy (non-hydrogen) atoms. The molecule has 1 rings (SSSR count). The van der Waals surface area contributed by atoms with E-state index in [-0.39, 0.29) is 18.5 Å². The second-order valence-corrected chi connectivity index (χ2v) is 5.03. The van der Waals surface area contributed by atoms with Crippen molar-refractivity contribution in [1.82, 2.24) is 5.32 Å². The number of hydrogen-bond donors (Lipinski definition) is 4. The number of anilines is 1. The Morgan fingerprint density at radius 3 is 2.57 bits per heavy atom. The van der Waals surface area contributed by atoms with E-state index in [2.05, 4.69) is 26.6 Å². The van der Waals surface area contributed by atoms with Gasteiger partial charge in [0.15, 0.2) is 0 Å². The summed E-state index contributed by atoms with van der Waals surface area (Å²) in [6.07, 6.45) is -0.342. The lowest BCUT2D eigenvalue weighted by molar-refractivity contribution is -0.139. The standard InChI is InChI=1S/C12H13BrFN3O4/c13-6-1-2-8(7(14)5-6)16-12(21)17-9(11(19)20)3-4-10(15)18/h1-2,5,9H,3-4H2,(H2,15,18)(H,19,20)(H2,16,17,21). The van der Waals surface area contributed by atoms with Crippen LogP contribution in [-0.4, -0.2) is 29.1 Å². The van der Waals surface area contributed by atoms with Gasteiger partial charge in [-0.05, 0) is 24.6 Å². The van der Waals surface area contributed by atoms with E-state index in [1.165, 1.54) is 12.1 Å². The SMILES string of the molecule is NC(=O)CCC(NC(=O)Nc1ccc(Br)cc1F)C(=O)O. The van der Waals surface area contributed by atoms with Gasteiger partial charge in [-0.15, -0.1) is 0 Å². The first-order chi connectivity index (χ1) is 9.79. The molecular formula is C12H13BrFN3O4. The van der Waals surface area contributed by atoms with Crippen LogP contribution in [0.4, 0.5) is 14.9 Å². The molecule has 0 aromatic heterocycles. The molecule has 5 N–H and O–H groups in total. The number of rotatable bonds is 6. The zero-order valence-corrected chi connectivity index (χ0v) is 12.3. The lowest BCUT2D eigenvalue weighted by Gasteiger charge is -2.14. The van der Waals surface area contributed by atoms with Crippen molar-refractivity contribution in [3.8, 4) is 0 Å². The lowest BCUT2D eigenvalue weighted by atomic mass is 10.1. The van der Waals surface area contributed by atoms with Gasteiger partial charge in [0.05, 0.1) is 5.69 Å². The van der Waals surface area contributed by atoms with Crippen LogP contribution in [0.2, 0.25) is 0 Å². The Labute approximate surface area is 127 Å². The Morgan fingerprint density at radius 1 is 1.38 bits per heavy atom. The van der Waals surface area contributed by atoms with Crippen molar-refractivity contribution in [3.63, 3.8) is 0 Å². The van der Waals surface area contributed by atoms with Gasteiger partial charge in [0, 0.05) is 10.9 Å². The number of hydrogen-bond acceptors (Lipinski definition) is 3. The second-order valence-electron chi connectivity index (χ2n) is 4.12. The van der Waals surface area contributed by atoms with Crippen LogP contribution in [0, 0.1) is 5.82 Å². The maximum atomic E-state index is 13.5. The van der Waals surface area contributed by atoms with Crippen LogP contribution >= 0.6 is 15.9 Å². The highest BCUT2D eigenvalue weighted by atomic mass is 79.9. The predicted octanol–water partition coefficient (Wildman–Crippen LogP) is 1.43. The van der Waals surface area contributed by atoms with E-state index >= 15 is 0 Å². The average molecular weight is 362 g/mol. The third kappa shape index (κ3) is 5.78. The molecular weight excluding hydrogens is 349 g/mol. The number of urea groups is 1. The van der Waals surface area contributed by atoms with Crippen molar-refractivity contribution < 1.29 is 23.9 Å². The van der Waals surface area contributed by atoms with E-state index in [0.717, 1.165) is 6.07 Å². The summed E-state index contributed by atoms with van der Waals surface area (Å²) in [7, 11) is 0. The minimum absolute atomic E-state index is 0.102. The molecule has 9 heteroatoms. The Hall–Kier alpha value is -2.16. The number of carboxylic acid groups (broad SMARTS) is 1. The monoisotopic (exact) mass is 361 g/mol. The normalized spacial score (nSPS) is 11.5. The van der Waals surface area contributed by atoms with Crippen LogP contribution in [0.15, 0.2) is 22.7 Å². The van der Waals surface area contributed by atoms with Crippen LogP contribution in [0.1, 0.15) is 12.8 Å². The summed E-state index contributed by atoms with van der Waals surface area (Å²) in [6, 6.07) is 1.79. The first kappa shape index (κ1) is 16.9. The summed E-state index contributed by atoms with van der Waals surface area (Å²) in [5.41, 5.74) is 4.81. The fourth-order valence-electron chi connectivity index (χ4n) is 1.45. The van der Waals surface area contributed by atoms with Gasteiger partial charge < -0.3 is 21.5 Å². The van der Waals surface area contributed by atoms with Gasteiger partial charge >= 0.3 is 12.0 Å². The molecule has 0 saturated heterocycles. The summed E-state index contributed by atoms with van der Waals surface area (Å²) in [5, 5.41) is 13.2. The van der Waals surface area contributed by atoms with Crippen LogP contribution < -0.4 is 16.4 Å². The maximum absolute atomic E-state index is 13.5. The summed E-state index contributed by atoms with van der Waals surface area (Å²) >= 11 is 3.07. The molecule has 0 bridgehead atoms. The number of aliphatic carboxylic acids is 1. The molecule has 1 unspecified atom stereocenters. The highest BCUT2D eigenvalue weighted by molar-refractivity contribution is 9.10. The molecule has 1 aromatic carbocycles. The van der Waals surface area contributed by atoms with Crippen molar-refractivity contribution in [2.45, 2.75) is 18.9 Å². The van der Waals surface area contributed by atoms with Crippen LogP contribution in [0.25, 0.3) is 0 Å². The van der Waals surface area contributed by atoms with Crippen molar-refractivity contribution in [2.24, 2.45) is 5.73 Å². The quantitative estimate of drug-likeness (QED) is 0.612. The first-order valence-electron chi connectivity index (χ1n) is 5.83. The molecule has 0 aliphatic carbocycles. The number of benzene rings is 1. The highest BCUT2D eigenvalue weighted by Gasteiger charge is 2.21. The summed E-state index contributed by atoms with van der Waals surface area (Å²) < 4.78 is 14.0. The molecule has 0 fully saturated rings. The highest BCUT2D eigenvalue weighted by Crippen LogP contribution is 2.19. The van der Waals surface area contributed by atoms with Gasteiger partial charge in [0.25, 0.3) is 0 Å². The average Bonchev–Trinajstić information content (AvgIpc) is 2.37. The molecule has 0 saturated carbocycles. The van der Waals surface area contributed by atoms with E-state index in [0.29, 0.717) is 4.47 Å². The Kier molecular flexibility index (Phi) is 6.10. The van der Waals surface area contributed by atoms with Gasteiger partial charge in [-0.2, -0.15) is 0 Å². The largest absolute Gasteiger partial charge is 0.480 e. The minimum Gasteiger partial charge on any atom is -0.480 e. The second kappa shape index (κ2) is 7.58. The molecule has 0 spiro atoms. The van der Waals surface area contributed by atoms with E-state index < -0.39 is 29.8 Å². The number of carbonyl (C=O) groups excluding carboxylic acids is 2. The van der Waals surface area contributed by atoms with E-state index in [1.54, 1.807) is 0 Å². The lowest BCUT2D eigenvalue weighted by Crippen LogP contribution is -2.43. The van der Waals surface area contributed by atoms with E-state index in [4.69, 9.17) is 10.8 Å². The molecule has 1 atom stereocenters. The zero-order chi connectivity index (χ0) is 16.0. The molecule has 0 heterocycles. The Balaban J connectivity index is 2.65. The topological polar surface area (TPSA) is 122 Å². The number of nitrogens with one attached hydrogen (secondary N) is 2. The smallest absolute Gasteiger partial charge is 0.326 e. The third-order valence-electron chi connectivity index (χ3n) is 2.46. The molecule has 0 aliphatic rings. The molecule has 0 radical (unpaired) electrons. The van der Waals surface area contributed by atoms with Crippen LogP contribution in [0.3, 0.4) is 0 Å². The van der Waals surface area contributed by atoms with Gasteiger partial charge in [-0.25, -0.2) is 14.0 Å². The Morgan fingerprint density at radius 2 is 2.05 bits per heavy atom. The maximum Gasteiger partial charge on any atom is 0.326 e. The number of carboxylic acids is 1. The molecule has 0 aliphatic heterocycles. The number of halogens is 2. The minimum atomic E-state index is -1.32. The van der Waals surface area contributed by atoms with Crippen molar-refractivity contribution in [3.05, 3.63) is 28.5 Å². The molecule has 7 nitrogen and oxygen atoms in total. The van der Waals surface area contributed by atoms with E-state index in [9.17, 15) is 18.8 Å². The number of amides is 3. The van der Waals surface area contributed by atoms with E-state index in [1.807, 2.05) is 0 Å². The molecule has 3 amide bonds. The first-order valence-corrected chi connectivity index (χ1v) is 6.62. The summed E-state index contributed by atoms with van der Waals surface area (Å²) in [5.74, 6) is -2.67. The molecule has 114 valence electrons. The molecule has 1 aromatic rings. The van der Waals surface area contributed by atoms with Gasteiger partial charge in [0.1, 0.15) is 11.9 Å². The number of primary amides is 1. The van der Waals surface area contributed by atoms with Crippen LogP contribution in [-0.2, 0) is 9.59 Å². The van der Waals surface area contributed by atoms with Crippen molar-refractivity contribution in [1.29, 1.82) is 0 Å². The number of carbonyl (C=O) groups is 3. The predicted molar refractivity (Wildman–Crippen MR) is 76.1 cm³/mol.